The van der Waals surface area contributed by atoms with Crippen LogP contribution in [0.15, 0.2) is 47.6 Å². The van der Waals surface area contributed by atoms with Gasteiger partial charge in [0.1, 0.15) is 30.0 Å². The molecule has 5 aliphatic rings. The Labute approximate surface area is 270 Å². The van der Waals surface area contributed by atoms with Crippen LogP contribution in [0.3, 0.4) is 0 Å². The Balaban J connectivity index is 1.45. The molecule has 0 aromatic carbocycles. The number of ether oxygens (including phenoxy) is 6. The van der Waals surface area contributed by atoms with Crippen LogP contribution in [-0.4, -0.2) is 90.9 Å². The molecule has 0 aromatic heterocycles. The van der Waals surface area contributed by atoms with Gasteiger partial charge in [-0.2, -0.15) is 0 Å². The summed E-state index contributed by atoms with van der Waals surface area (Å²) >= 11 is 0. The Kier molecular flexibility index (Phi) is 10.5. The number of hydrogen-bond acceptors (Lipinski definition) is 11. The molecule has 1 saturated heterocycles. The molecule has 46 heavy (non-hydrogen) atoms. The van der Waals surface area contributed by atoms with E-state index in [4.69, 9.17) is 28.4 Å². The van der Waals surface area contributed by atoms with E-state index in [2.05, 4.69) is 0 Å². The first-order chi connectivity index (χ1) is 22.0. The fourth-order valence-corrected chi connectivity index (χ4v) is 8.02. The van der Waals surface area contributed by atoms with Gasteiger partial charge in [-0.25, -0.2) is 14.4 Å². The van der Waals surface area contributed by atoms with Gasteiger partial charge in [-0.05, 0) is 38.7 Å². The number of cyclic esters (lactones) is 1. The van der Waals surface area contributed by atoms with Crippen LogP contribution >= 0.6 is 0 Å². The summed E-state index contributed by atoms with van der Waals surface area (Å²) in [6, 6.07) is 0. The van der Waals surface area contributed by atoms with Crippen molar-refractivity contribution >= 4 is 18.1 Å². The normalized spacial score (nSPS) is 40.5. The van der Waals surface area contributed by atoms with E-state index in [0.29, 0.717) is 18.4 Å². The first-order valence-corrected chi connectivity index (χ1v) is 16.4. The first kappa shape index (κ1) is 34.3. The van der Waals surface area contributed by atoms with Crippen molar-refractivity contribution in [1.29, 1.82) is 0 Å². The Hall–Kier alpha value is -2.99. The van der Waals surface area contributed by atoms with Gasteiger partial charge in [0.2, 0.25) is 0 Å². The van der Waals surface area contributed by atoms with Gasteiger partial charge in [0.15, 0.2) is 6.10 Å². The molecular weight excluding hydrogens is 596 g/mol. The van der Waals surface area contributed by atoms with E-state index in [1.54, 1.807) is 13.0 Å². The highest BCUT2D eigenvalue weighted by molar-refractivity contribution is 5.90. The Bertz CT molecular complexity index is 1280. The summed E-state index contributed by atoms with van der Waals surface area (Å²) < 4.78 is 35.5. The molecule has 2 fully saturated rings. The number of aliphatic hydroxyl groups is 2. The zero-order chi connectivity index (χ0) is 33.3. The van der Waals surface area contributed by atoms with Gasteiger partial charge in [-0.3, -0.25) is 0 Å². The van der Waals surface area contributed by atoms with Crippen molar-refractivity contribution in [3.8, 4) is 0 Å². The largest absolute Gasteiger partial charge is 0.508 e. The second-order valence-corrected chi connectivity index (χ2v) is 13.4. The van der Waals surface area contributed by atoms with Crippen LogP contribution in [0.4, 0.5) is 4.79 Å². The van der Waals surface area contributed by atoms with Gasteiger partial charge < -0.3 is 38.6 Å². The first-order valence-electron chi connectivity index (χ1n) is 16.4. The van der Waals surface area contributed by atoms with Gasteiger partial charge in [0.05, 0.1) is 12.7 Å². The van der Waals surface area contributed by atoms with Crippen molar-refractivity contribution in [3.05, 3.63) is 47.6 Å². The zero-order valence-electron chi connectivity index (χ0n) is 27.5. The fourth-order valence-electron chi connectivity index (χ4n) is 8.02. The van der Waals surface area contributed by atoms with Gasteiger partial charge in [-0.15, -0.1) is 0 Å². The van der Waals surface area contributed by atoms with Crippen molar-refractivity contribution in [2.24, 2.45) is 35.5 Å². The van der Waals surface area contributed by atoms with Crippen LogP contribution in [0.25, 0.3) is 0 Å². The quantitative estimate of drug-likeness (QED) is 0.215. The highest BCUT2D eigenvalue weighted by Crippen LogP contribution is 2.61. The van der Waals surface area contributed by atoms with Crippen molar-refractivity contribution in [1.82, 2.24) is 0 Å². The number of methoxy groups -OCH3 is 1. The molecule has 0 aromatic rings. The molecule has 3 aliphatic carbocycles. The monoisotopic (exact) mass is 644 g/mol. The predicted molar refractivity (Wildman–Crippen MR) is 165 cm³/mol. The minimum atomic E-state index is -1.01. The minimum absolute atomic E-state index is 0.00729. The van der Waals surface area contributed by atoms with Crippen LogP contribution in [0.5, 0.6) is 0 Å². The number of rotatable bonds is 9. The summed E-state index contributed by atoms with van der Waals surface area (Å²) in [7, 11) is 1.44. The molecule has 0 radical (unpaired) electrons. The molecular formula is C35H48O11. The number of allylic oxidation sites excluding steroid dienone is 3. The Morgan fingerprint density at radius 2 is 1.98 bits per heavy atom. The SMILES string of the molecule is CCC(CO)COC(=O)O[C@H](C)[C@H]1OC(=O)[C@@H](OC)C[C@H]2C=C[C@H]3[C@H]4O[C@]2(/C(C)=C/[C@H]1C)[C@@H]3[C@H](O)[C@@H](C)[C@H]4OC(=O)C1=CC=CC1. The lowest BCUT2D eigenvalue weighted by Gasteiger charge is -2.49. The van der Waals surface area contributed by atoms with Crippen molar-refractivity contribution < 1.29 is 53.0 Å². The average Bonchev–Trinajstić information content (AvgIpc) is 3.64. The second-order valence-electron chi connectivity index (χ2n) is 13.4. The van der Waals surface area contributed by atoms with E-state index in [9.17, 15) is 24.6 Å². The Morgan fingerprint density at radius 3 is 2.63 bits per heavy atom. The van der Waals surface area contributed by atoms with E-state index in [1.165, 1.54) is 7.11 Å². The third kappa shape index (κ3) is 6.19. The van der Waals surface area contributed by atoms with Crippen molar-refractivity contribution in [3.63, 3.8) is 0 Å². The maximum absolute atomic E-state index is 13.6. The molecule has 5 rings (SSSR count). The van der Waals surface area contributed by atoms with E-state index in [1.807, 2.05) is 58.1 Å². The van der Waals surface area contributed by atoms with Crippen molar-refractivity contribution in [2.45, 2.75) is 96.1 Å². The maximum atomic E-state index is 13.6. The molecule has 1 unspecified atom stereocenters. The average molecular weight is 645 g/mol. The summed E-state index contributed by atoms with van der Waals surface area (Å²) in [5.41, 5.74) is 0.392. The molecule has 11 nitrogen and oxygen atoms in total. The van der Waals surface area contributed by atoms with Gasteiger partial charge in [0.25, 0.3) is 0 Å². The van der Waals surface area contributed by atoms with E-state index < -0.39 is 72.2 Å². The molecule has 1 spiro atoms. The standard InChI is InChI=1S/C35H48O11/c1-7-22(16-36)17-42-34(40)43-21(5)29-18(2)14-19(3)35-24(15-26(41-6)33(39)44-29)12-13-25-27(35)28(37)20(4)30(31(25)46-35)45-32(38)23-10-8-9-11-23/h8-10,12-14,18,20-22,24-31,36-37H,7,11,15-17H2,1-6H3/b19-14+/t18-,20-,21-,22?,24-,25-,26+,27+,28-,29+,30-,31-,35+/m1/s1. The molecule has 2 heterocycles. The number of carbonyl (C=O) groups excluding carboxylic acids is 3. The third-order valence-electron chi connectivity index (χ3n) is 10.7. The van der Waals surface area contributed by atoms with Crippen LogP contribution in [0.1, 0.15) is 53.9 Å². The predicted octanol–water partition coefficient (Wildman–Crippen LogP) is 3.82. The summed E-state index contributed by atoms with van der Waals surface area (Å²) in [5, 5.41) is 21.3. The fraction of sp³-hybridized carbons (Fsp3) is 0.686. The van der Waals surface area contributed by atoms with Crippen molar-refractivity contribution in [2.75, 3.05) is 20.3 Å². The highest BCUT2D eigenvalue weighted by atomic mass is 16.7. The zero-order valence-corrected chi connectivity index (χ0v) is 27.5. The van der Waals surface area contributed by atoms with Gasteiger partial charge in [0, 0.05) is 54.8 Å². The molecule has 4 bridgehead atoms. The van der Waals surface area contributed by atoms with Crippen LogP contribution < -0.4 is 0 Å². The smallest absolute Gasteiger partial charge is 0.456 e. The molecule has 2 aliphatic heterocycles. The molecule has 0 amide bonds. The number of esters is 2. The molecule has 2 N–H and O–H groups in total. The number of carbonyl (C=O) groups is 3. The van der Waals surface area contributed by atoms with Gasteiger partial charge in [-0.1, -0.05) is 57.2 Å². The van der Waals surface area contributed by atoms with Crippen LogP contribution in [0.2, 0.25) is 0 Å². The lowest BCUT2D eigenvalue weighted by atomic mass is 9.57. The summed E-state index contributed by atoms with van der Waals surface area (Å²) in [4.78, 5) is 39.2. The second kappa shape index (κ2) is 14.0. The summed E-state index contributed by atoms with van der Waals surface area (Å²) in [6.45, 7) is 9.11. The summed E-state index contributed by atoms with van der Waals surface area (Å²) in [5.74, 6) is -3.00. The highest BCUT2D eigenvalue weighted by Gasteiger charge is 2.69. The lowest BCUT2D eigenvalue weighted by Crippen LogP contribution is -2.57. The van der Waals surface area contributed by atoms with E-state index in [-0.39, 0.29) is 43.3 Å². The van der Waals surface area contributed by atoms with E-state index >= 15 is 0 Å². The van der Waals surface area contributed by atoms with E-state index in [0.717, 1.165) is 5.57 Å². The number of hydrogen-bond donors (Lipinski definition) is 2. The molecule has 254 valence electrons. The van der Waals surface area contributed by atoms with Crippen LogP contribution in [-0.2, 0) is 38.0 Å². The molecule has 11 heteroatoms. The Morgan fingerprint density at radius 1 is 1.22 bits per heavy atom. The van der Waals surface area contributed by atoms with Gasteiger partial charge >= 0.3 is 18.1 Å². The molecule has 1 saturated carbocycles. The third-order valence-corrected chi connectivity index (χ3v) is 10.7. The summed E-state index contributed by atoms with van der Waals surface area (Å²) in [6.07, 6.45) is 7.14. The topological polar surface area (TPSA) is 147 Å². The lowest BCUT2D eigenvalue weighted by molar-refractivity contribution is -0.174. The molecule has 13 atom stereocenters. The maximum Gasteiger partial charge on any atom is 0.508 e. The van der Waals surface area contributed by atoms with Crippen LogP contribution in [0, 0.1) is 35.5 Å². The minimum Gasteiger partial charge on any atom is -0.456 e. The number of aliphatic hydroxyl groups excluding tert-OH is 2.